The molecule has 3 rings (SSSR count). The maximum absolute atomic E-state index is 11.2. The number of hydrogen-bond donors (Lipinski definition) is 2. The van der Waals surface area contributed by atoms with Gasteiger partial charge in [-0.1, -0.05) is 41.4 Å². The molecule has 0 spiro atoms. The van der Waals surface area contributed by atoms with Gasteiger partial charge in [-0.15, -0.1) is 0 Å². The van der Waals surface area contributed by atoms with Gasteiger partial charge in [0.05, 0.1) is 11.6 Å². The third-order valence-electron chi connectivity index (χ3n) is 4.37. The smallest absolute Gasteiger partial charge is 0.335 e. The first kappa shape index (κ1) is 16.3. The number of carbonyl (C=O) groups is 1. The molecule has 1 aliphatic heterocycles. The van der Waals surface area contributed by atoms with Gasteiger partial charge >= 0.3 is 5.97 Å². The summed E-state index contributed by atoms with van der Waals surface area (Å²) in [4.78, 5) is 11.2. The number of halogens is 2. The van der Waals surface area contributed by atoms with Crippen molar-refractivity contribution in [2.24, 2.45) is 0 Å². The van der Waals surface area contributed by atoms with Crippen LogP contribution in [0.1, 0.15) is 47.8 Å². The highest BCUT2D eigenvalue weighted by atomic mass is 79.9. The van der Waals surface area contributed by atoms with E-state index in [1.165, 1.54) is 0 Å². The Morgan fingerprint density at radius 2 is 2.04 bits per heavy atom. The molecule has 0 saturated carbocycles. The van der Waals surface area contributed by atoms with Crippen LogP contribution in [0.2, 0.25) is 5.02 Å². The minimum Gasteiger partial charge on any atom is -0.478 e. The molecule has 3 nitrogen and oxygen atoms in total. The standard InChI is InChI=1S/C18H17BrClNO2/c1-18(2)9-16(12-8-11(19)4-5-14(12)20)21-15-6-3-10(17(22)23)7-13(15)18/h3-8,16,21H,9H2,1-2H3,(H,22,23). The van der Waals surface area contributed by atoms with Gasteiger partial charge in [0, 0.05) is 15.2 Å². The van der Waals surface area contributed by atoms with E-state index in [4.69, 9.17) is 11.6 Å². The molecule has 23 heavy (non-hydrogen) atoms. The fourth-order valence-electron chi connectivity index (χ4n) is 3.19. The second-order valence-corrected chi connectivity index (χ2v) is 7.84. The molecular formula is C18H17BrClNO2. The summed E-state index contributed by atoms with van der Waals surface area (Å²) < 4.78 is 0.989. The lowest BCUT2D eigenvalue weighted by molar-refractivity contribution is 0.0696. The van der Waals surface area contributed by atoms with Crippen LogP contribution in [0.5, 0.6) is 0 Å². The van der Waals surface area contributed by atoms with Gasteiger partial charge in [0.1, 0.15) is 0 Å². The summed E-state index contributed by atoms with van der Waals surface area (Å²) in [6, 6.07) is 11.2. The maximum atomic E-state index is 11.2. The Balaban J connectivity index is 2.05. The summed E-state index contributed by atoms with van der Waals surface area (Å²) in [6.45, 7) is 4.27. The third kappa shape index (κ3) is 3.10. The largest absolute Gasteiger partial charge is 0.478 e. The molecule has 2 N–H and O–H groups in total. The lowest BCUT2D eigenvalue weighted by Crippen LogP contribution is -2.31. The Hall–Kier alpha value is -1.52. The summed E-state index contributed by atoms with van der Waals surface area (Å²) in [5, 5.41) is 13.4. The van der Waals surface area contributed by atoms with Crippen LogP contribution in [-0.4, -0.2) is 11.1 Å². The number of fused-ring (bicyclic) bond motifs is 1. The van der Waals surface area contributed by atoms with E-state index in [1.807, 2.05) is 24.3 Å². The van der Waals surface area contributed by atoms with Crippen molar-refractivity contribution in [3.8, 4) is 0 Å². The Morgan fingerprint density at radius 3 is 2.74 bits per heavy atom. The van der Waals surface area contributed by atoms with Crippen LogP contribution in [0.15, 0.2) is 40.9 Å². The third-order valence-corrected chi connectivity index (χ3v) is 5.21. The highest BCUT2D eigenvalue weighted by molar-refractivity contribution is 9.10. The van der Waals surface area contributed by atoms with Gasteiger partial charge in [0.15, 0.2) is 0 Å². The van der Waals surface area contributed by atoms with Crippen molar-refractivity contribution >= 4 is 39.2 Å². The molecule has 0 radical (unpaired) electrons. The fraction of sp³-hybridized carbons (Fsp3) is 0.278. The van der Waals surface area contributed by atoms with E-state index in [2.05, 4.69) is 35.1 Å². The number of anilines is 1. The minimum atomic E-state index is -0.902. The zero-order valence-corrected chi connectivity index (χ0v) is 15.2. The quantitative estimate of drug-likeness (QED) is 0.693. The Morgan fingerprint density at radius 1 is 1.30 bits per heavy atom. The van der Waals surface area contributed by atoms with Crippen LogP contribution in [0.4, 0.5) is 5.69 Å². The molecule has 1 atom stereocenters. The summed E-state index contributed by atoms with van der Waals surface area (Å²) in [6.07, 6.45) is 0.833. The number of carboxylic acid groups (broad SMARTS) is 1. The highest BCUT2D eigenvalue weighted by Crippen LogP contribution is 2.45. The predicted molar refractivity (Wildman–Crippen MR) is 96.6 cm³/mol. The summed E-state index contributed by atoms with van der Waals surface area (Å²) >= 11 is 9.87. The molecule has 0 amide bonds. The monoisotopic (exact) mass is 393 g/mol. The van der Waals surface area contributed by atoms with Crippen LogP contribution in [0.25, 0.3) is 0 Å². The van der Waals surface area contributed by atoms with E-state index in [1.54, 1.807) is 12.1 Å². The Bertz CT molecular complexity index is 789. The van der Waals surface area contributed by atoms with Crippen LogP contribution < -0.4 is 5.32 Å². The van der Waals surface area contributed by atoms with Crippen LogP contribution in [0, 0.1) is 0 Å². The molecule has 5 heteroatoms. The number of benzene rings is 2. The molecule has 120 valence electrons. The van der Waals surface area contributed by atoms with Gasteiger partial charge in [-0.2, -0.15) is 0 Å². The number of carboxylic acids is 1. The predicted octanol–water partition coefficient (Wildman–Crippen LogP) is 5.64. The summed E-state index contributed by atoms with van der Waals surface area (Å²) in [5.74, 6) is -0.902. The SMILES string of the molecule is CC1(C)CC(c2cc(Br)ccc2Cl)Nc2ccc(C(=O)O)cc21. The molecule has 0 saturated heterocycles. The number of hydrogen-bond acceptors (Lipinski definition) is 2. The number of nitrogens with one attached hydrogen (secondary N) is 1. The highest BCUT2D eigenvalue weighted by Gasteiger charge is 2.34. The second-order valence-electron chi connectivity index (χ2n) is 6.52. The van der Waals surface area contributed by atoms with Gasteiger partial charge in [0.25, 0.3) is 0 Å². The van der Waals surface area contributed by atoms with E-state index in [9.17, 15) is 9.90 Å². The second kappa shape index (κ2) is 5.84. The normalized spacial score (nSPS) is 18.9. The van der Waals surface area contributed by atoms with Gasteiger partial charge in [-0.05, 0) is 59.4 Å². The molecule has 1 unspecified atom stereocenters. The lowest BCUT2D eigenvalue weighted by Gasteiger charge is -2.39. The van der Waals surface area contributed by atoms with Gasteiger partial charge in [-0.25, -0.2) is 4.79 Å². The number of rotatable bonds is 2. The summed E-state index contributed by atoms with van der Waals surface area (Å²) in [7, 11) is 0. The molecule has 0 aromatic heterocycles. The van der Waals surface area contributed by atoms with Crippen molar-refractivity contribution in [2.75, 3.05) is 5.32 Å². The van der Waals surface area contributed by atoms with Gasteiger partial charge < -0.3 is 10.4 Å². The van der Waals surface area contributed by atoms with E-state index in [0.717, 1.165) is 32.7 Å². The zero-order chi connectivity index (χ0) is 16.8. The number of aromatic carboxylic acids is 1. The van der Waals surface area contributed by atoms with E-state index < -0.39 is 5.97 Å². The fourth-order valence-corrected chi connectivity index (χ4v) is 3.82. The van der Waals surface area contributed by atoms with Crippen molar-refractivity contribution in [3.05, 3.63) is 62.6 Å². The first-order valence-corrected chi connectivity index (χ1v) is 8.54. The molecule has 0 fully saturated rings. The van der Waals surface area contributed by atoms with Crippen LogP contribution in [0.3, 0.4) is 0 Å². The van der Waals surface area contributed by atoms with Crippen molar-refractivity contribution in [2.45, 2.75) is 31.7 Å². The van der Waals surface area contributed by atoms with Gasteiger partial charge in [0.2, 0.25) is 0 Å². The van der Waals surface area contributed by atoms with Crippen molar-refractivity contribution in [1.29, 1.82) is 0 Å². The van der Waals surface area contributed by atoms with E-state index in [0.29, 0.717) is 5.56 Å². The zero-order valence-electron chi connectivity index (χ0n) is 12.9. The molecule has 1 aliphatic rings. The lowest BCUT2D eigenvalue weighted by atomic mass is 9.73. The van der Waals surface area contributed by atoms with Crippen LogP contribution >= 0.6 is 27.5 Å². The van der Waals surface area contributed by atoms with Crippen molar-refractivity contribution < 1.29 is 9.90 Å². The topological polar surface area (TPSA) is 49.3 Å². The first-order chi connectivity index (χ1) is 10.8. The molecule has 0 aliphatic carbocycles. The molecule has 2 aromatic rings. The molecule has 1 heterocycles. The van der Waals surface area contributed by atoms with Gasteiger partial charge in [-0.3, -0.25) is 0 Å². The maximum Gasteiger partial charge on any atom is 0.335 e. The Kier molecular flexibility index (Phi) is 4.15. The molecule has 0 bridgehead atoms. The first-order valence-electron chi connectivity index (χ1n) is 7.37. The van der Waals surface area contributed by atoms with Crippen molar-refractivity contribution in [3.63, 3.8) is 0 Å². The molecule has 2 aromatic carbocycles. The average Bonchev–Trinajstić information content (AvgIpc) is 2.48. The Labute approximate surface area is 148 Å². The van der Waals surface area contributed by atoms with Crippen LogP contribution in [-0.2, 0) is 5.41 Å². The van der Waals surface area contributed by atoms with E-state index in [-0.39, 0.29) is 11.5 Å². The van der Waals surface area contributed by atoms with E-state index >= 15 is 0 Å². The average molecular weight is 395 g/mol. The van der Waals surface area contributed by atoms with Crippen molar-refractivity contribution in [1.82, 2.24) is 0 Å². The summed E-state index contributed by atoms with van der Waals surface area (Å²) in [5.41, 5.74) is 3.20. The minimum absolute atomic E-state index is 0.0816. The molecular weight excluding hydrogens is 378 g/mol.